The first-order valence-electron chi connectivity index (χ1n) is 8.66. The fraction of sp³-hybridized carbons (Fsp3) is 0.444. The monoisotopic (exact) mass is 376 g/mol. The van der Waals surface area contributed by atoms with Crippen LogP contribution in [0.15, 0.2) is 39.9 Å². The zero-order chi connectivity index (χ0) is 19.3. The maximum absolute atomic E-state index is 12.5. The van der Waals surface area contributed by atoms with Gasteiger partial charge in [-0.25, -0.2) is 9.36 Å². The molecule has 0 radical (unpaired) electrons. The molecule has 2 aliphatic rings. The number of aromatic amines is 1. The van der Waals surface area contributed by atoms with E-state index in [9.17, 15) is 24.9 Å². The highest BCUT2D eigenvalue weighted by atomic mass is 16.6. The van der Waals surface area contributed by atoms with Crippen molar-refractivity contribution in [3.8, 4) is 5.88 Å². The Balaban J connectivity index is 1.82. The van der Waals surface area contributed by atoms with Crippen LogP contribution in [0.25, 0.3) is 0 Å². The molecule has 0 unspecified atom stereocenters. The normalized spacial score (nSPS) is 32.3. The molecular weight excluding hydrogens is 356 g/mol. The van der Waals surface area contributed by atoms with Crippen molar-refractivity contribution in [3.63, 3.8) is 0 Å². The van der Waals surface area contributed by atoms with Crippen molar-refractivity contribution < 1.29 is 24.8 Å². The van der Waals surface area contributed by atoms with E-state index >= 15 is 0 Å². The van der Waals surface area contributed by atoms with Crippen LogP contribution in [-0.4, -0.2) is 49.8 Å². The Hall–Kier alpha value is -2.46. The second kappa shape index (κ2) is 6.61. The summed E-state index contributed by atoms with van der Waals surface area (Å²) in [6.45, 7) is 1.28. The average Bonchev–Trinajstić information content (AvgIpc) is 3.14. The van der Waals surface area contributed by atoms with Crippen molar-refractivity contribution in [3.05, 3.63) is 62.3 Å². The van der Waals surface area contributed by atoms with E-state index in [2.05, 4.69) is 4.98 Å². The van der Waals surface area contributed by atoms with Gasteiger partial charge in [-0.15, -0.1) is 0 Å². The second-order valence-electron chi connectivity index (χ2n) is 6.81. The molecule has 9 heteroatoms. The van der Waals surface area contributed by atoms with Crippen molar-refractivity contribution in [2.24, 2.45) is 0 Å². The number of H-pyrrole nitrogens is 1. The molecule has 1 aromatic carbocycles. The molecule has 0 amide bonds. The predicted octanol–water partition coefficient (Wildman–Crippen LogP) is -0.615. The van der Waals surface area contributed by atoms with Gasteiger partial charge in [-0.1, -0.05) is 37.3 Å². The van der Waals surface area contributed by atoms with Crippen LogP contribution < -0.4 is 16.0 Å². The molecule has 3 heterocycles. The van der Waals surface area contributed by atoms with E-state index in [-0.39, 0.29) is 17.4 Å². The highest BCUT2D eigenvalue weighted by molar-refractivity contribution is 5.38. The second-order valence-corrected chi connectivity index (χ2v) is 6.81. The minimum atomic E-state index is -1.47. The zero-order valence-corrected chi connectivity index (χ0v) is 14.5. The maximum atomic E-state index is 12.5. The minimum Gasteiger partial charge on any atom is -0.469 e. The number of aliphatic hydroxyl groups is 3. The summed E-state index contributed by atoms with van der Waals surface area (Å²) in [5.74, 6) is -0.352. The zero-order valence-electron chi connectivity index (χ0n) is 14.5. The summed E-state index contributed by atoms with van der Waals surface area (Å²) in [7, 11) is 0. The number of nitrogens with one attached hydrogen (secondary N) is 1. The van der Waals surface area contributed by atoms with Gasteiger partial charge in [-0.2, -0.15) is 0 Å². The topological polar surface area (TPSA) is 134 Å². The largest absolute Gasteiger partial charge is 0.469 e. The summed E-state index contributed by atoms with van der Waals surface area (Å²) in [6.07, 6.45) is -5.68. The first kappa shape index (κ1) is 17.9. The van der Waals surface area contributed by atoms with E-state index in [1.807, 2.05) is 37.3 Å². The van der Waals surface area contributed by atoms with Gasteiger partial charge in [0.15, 0.2) is 6.23 Å². The van der Waals surface area contributed by atoms with Crippen LogP contribution in [0.2, 0.25) is 0 Å². The Kier molecular flexibility index (Phi) is 4.39. The molecule has 1 fully saturated rings. The summed E-state index contributed by atoms with van der Waals surface area (Å²) in [6, 6.07) is 9.26. The molecule has 0 spiro atoms. The molecule has 4 rings (SSSR count). The van der Waals surface area contributed by atoms with Crippen LogP contribution >= 0.6 is 0 Å². The Morgan fingerprint density at radius 2 is 1.85 bits per heavy atom. The number of fused-ring (bicyclic) bond motifs is 1. The van der Waals surface area contributed by atoms with Crippen LogP contribution in [0.4, 0.5) is 0 Å². The average molecular weight is 376 g/mol. The van der Waals surface area contributed by atoms with Gasteiger partial charge in [0.25, 0.3) is 5.56 Å². The van der Waals surface area contributed by atoms with Gasteiger partial charge in [-0.05, 0) is 5.56 Å². The number of hydrogen-bond acceptors (Lipinski definition) is 7. The van der Waals surface area contributed by atoms with Crippen LogP contribution in [0, 0.1) is 0 Å². The molecular formula is C18H20N2O7. The Labute approximate surface area is 153 Å². The number of nitrogens with zero attached hydrogens (tertiary/aromatic N) is 1. The number of hydrogen-bond donors (Lipinski definition) is 4. The van der Waals surface area contributed by atoms with Crippen molar-refractivity contribution in [1.82, 2.24) is 9.55 Å². The van der Waals surface area contributed by atoms with Crippen molar-refractivity contribution >= 4 is 0 Å². The third kappa shape index (κ3) is 2.71. The quantitative estimate of drug-likeness (QED) is 0.561. The van der Waals surface area contributed by atoms with Gasteiger partial charge in [0.2, 0.25) is 5.88 Å². The summed E-state index contributed by atoms with van der Waals surface area (Å²) < 4.78 is 12.4. The molecule has 0 saturated carbocycles. The molecule has 27 heavy (non-hydrogen) atoms. The van der Waals surface area contributed by atoms with Gasteiger partial charge in [0.05, 0.1) is 12.2 Å². The number of aromatic nitrogens is 2. The highest BCUT2D eigenvalue weighted by Crippen LogP contribution is 2.45. The fourth-order valence-electron chi connectivity index (χ4n) is 3.76. The molecule has 9 nitrogen and oxygen atoms in total. The summed E-state index contributed by atoms with van der Waals surface area (Å²) in [5.41, 5.74) is -0.291. The SMILES string of the molecule is C[C@H]1c2c(n([C@@H]3O[C@H](CO)[C@@H](O)[C@H]3O)c(=O)[nH]c2=O)O[C@@H]1c1ccccc1. The lowest BCUT2D eigenvalue weighted by Gasteiger charge is -2.20. The first-order valence-corrected chi connectivity index (χ1v) is 8.66. The maximum Gasteiger partial charge on any atom is 0.333 e. The smallest absolute Gasteiger partial charge is 0.333 e. The molecule has 2 aliphatic heterocycles. The van der Waals surface area contributed by atoms with Crippen LogP contribution in [-0.2, 0) is 4.74 Å². The van der Waals surface area contributed by atoms with Gasteiger partial charge in [-0.3, -0.25) is 9.78 Å². The molecule has 1 saturated heterocycles. The van der Waals surface area contributed by atoms with Crippen molar-refractivity contribution in [2.75, 3.05) is 6.61 Å². The molecule has 0 aliphatic carbocycles. The van der Waals surface area contributed by atoms with Crippen molar-refractivity contribution in [2.45, 2.75) is 43.5 Å². The summed E-state index contributed by atoms with van der Waals surface area (Å²) in [4.78, 5) is 27.1. The lowest BCUT2D eigenvalue weighted by Crippen LogP contribution is -2.39. The van der Waals surface area contributed by atoms with E-state index in [0.717, 1.165) is 10.1 Å². The highest BCUT2D eigenvalue weighted by Gasteiger charge is 2.47. The predicted molar refractivity (Wildman–Crippen MR) is 92.6 cm³/mol. The molecule has 4 N–H and O–H groups in total. The Morgan fingerprint density at radius 1 is 1.15 bits per heavy atom. The number of ether oxygens (including phenoxy) is 2. The van der Waals surface area contributed by atoms with Crippen LogP contribution in [0.5, 0.6) is 5.88 Å². The molecule has 144 valence electrons. The van der Waals surface area contributed by atoms with Crippen LogP contribution in [0.1, 0.15) is 36.3 Å². The number of aliphatic hydroxyl groups excluding tert-OH is 3. The number of benzene rings is 1. The Bertz CT molecular complexity index is 954. The summed E-state index contributed by atoms with van der Waals surface area (Å²) in [5, 5.41) is 29.6. The number of rotatable bonds is 3. The molecule has 0 bridgehead atoms. The third-order valence-electron chi connectivity index (χ3n) is 5.18. The van der Waals surface area contributed by atoms with E-state index in [4.69, 9.17) is 9.47 Å². The van der Waals surface area contributed by atoms with E-state index in [0.29, 0.717) is 0 Å². The molecule has 1 aromatic heterocycles. The lowest BCUT2D eigenvalue weighted by molar-refractivity contribution is -0.0587. The van der Waals surface area contributed by atoms with Gasteiger partial charge < -0.3 is 24.8 Å². The Morgan fingerprint density at radius 3 is 2.48 bits per heavy atom. The van der Waals surface area contributed by atoms with Gasteiger partial charge >= 0.3 is 5.69 Å². The van der Waals surface area contributed by atoms with E-state index < -0.39 is 48.5 Å². The minimum absolute atomic E-state index is 0.0000529. The third-order valence-corrected chi connectivity index (χ3v) is 5.18. The van der Waals surface area contributed by atoms with Gasteiger partial charge in [0, 0.05) is 5.92 Å². The standard InChI is InChI=1S/C18H20N2O7/c1-8-11-15(24)19-18(25)20(17-13(23)12(22)10(7-21)26-17)16(11)27-14(8)9-5-3-2-4-6-9/h2-6,8,10,12-14,17,21-23H,7H2,1H3,(H,19,24,25)/t8-,10+,12+,13+,14-,17+/m0/s1. The fourth-order valence-corrected chi connectivity index (χ4v) is 3.76. The van der Waals surface area contributed by atoms with Crippen molar-refractivity contribution in [1.29, 1.82) is 0 Å². The van der Waals surface area contributed by atoms with E-state index in [1.54, 1.807) is 0 Å². The summed E-state index contributed by atoms with van der Waals surface area (Å²) >= 11 is 0. The molecule has 6 atom stereocenters. The van der Waals surface area contributed by atoms with E-state index in [1.165, 1.54) is 0 Å². The first-order chi connectivity index (χ1) is 12.9. The van der Waals surface area contributed by atoms with Crippen LogP contribution in [0.3, 0.4) is 0 Å². The van der Waals surface area contributed by atoms with Gasteiger partial charge in [0.1, 0.15) is 24.4 Å². The lowest BCUT2D eigenvalue weighted by atomic mass is 9.94. The molecule has 2 aromatic rings.